The number of rotatable bonds is 67. The Morgan fingerprint density at radius 1 is 0.287 bits per heavy atom. The zero-order valence-electron chi connectivity index (χ0n) is 53.9. The maximum Gasteiger partial charge on any atom is 0.306 e. The minimum Gasteiger partial charge on any atom is -0.462 e. The molecule has 0 aliphatic carbocycles. The van der Waals surface area contributed by atoms with Gasteiger partial charge in [-0.3, -0.25) is 9.59 Å². The van der Waals surface area contributed by atoms with E-state index < -0.39 is 6.10 Å². The maximum atomic E-state index is 12.4. The average molecular weight is 1120 g/mol. The predicted molar refractivity (Wildman–Crippen MR) is 353 cm³/mol. The lowest BCUT2D eigenvalue weighted by atomic mass is 10.0. The Labute approximate surface area is 500 Å². The van der Waals surface area contributed by atoms with Crippen LogP contribution in [0.15, 0.2) is 60.8 Å². The molecule has 1 N–H and O–H groups in total. The normalized spacial score (nSPS) is 12.5. The van der Waals surface area contributed by atoms with E-state index in [0.29, 0.717) is 12.8 Å². The summed E-state index contributed by atoms with van der Waals surface area (Å²) in [6.45, 7) is 4.17. The van der Waals surface area contributed by atoms with Crippen molar-refractivity contribution in [1.82, 2.24) is 0 Å². The minimum atomic E-state index is -0.774. The molecule has 0 aromatic rings. The highest BCUT2D eigenvalue weighted by atomic mass is 16.6. The summed E-state index contributed by atoms with van der Waals surface area (Å²) in [6, 6.07) is 0. The van der Waals surface area contributed by atoms with Gasteiger partial charge < -0.3 is 14.6 Å². The fourth-order valence-corrected chi connectivity index (χ4v) is 10.9. The third-order valence-electron chi connectivity index (χ3n) is 16.3. The van der Waals surface area contributed by atoms with Gasteiger partial charge >= 0.3 is 11.9 Å². The number of esters is 2. The monoisotopic (exact) mass is 1120 g/mol. The molecule has 5 nitrogen and oxygen atoms in total. The molecule has 5 heteroatoms. The van der Waals surface area contributed by atoms with E-state index in [0.717, 1.165) is 57.8 Å². The lowest BCUT2D eigenvalue weighted by Crippen LogP contribution is -2.28. The van der Waals surface area contributed by atoms with Gasteiger partial charge in [0.05, 0.1) is 6.61 Å². The molecule has 1 atom stereocenters. The number of carbonyl (C=O) groups excluding carboxylic acids is 2. The van der Waals surface area contributed by atoms with Crippen LogP contribution in [0.5, 0.6) is 0 Å². The van der Waals surface area contributed by atoms with Crippen molar-refractivity contribution < 1.29 is 24.2 Å². The molecule has 0 aliphatic rings. The number of aliphatic hydroxyl groups excluding tert-OH is 1. The fourth-order valence-electron chi connectivity index (χ4n) is 10.9. The Morgan fingerprint density at radius 2 is 0.500 bits per heavy atom. The Kier molecular flexibility index (Phi) is 68.7. The Morgan fingerprint density at radius 3 is 0.750 bits per heavy atom. The van der Waals surface area contributed by atoms with Crippen molar-refractivity contribution in [2.75, 3.05) is 13.2 Å². The first-order valence-corrected chi connectivity index (χ1v) is 35.8. The van der Waals surface area contributed by atoms with Crippen molar-refractivity contribution in [2.24, 2.45) is 0 Å². The summed E-state index contributed by atoms with van der Waals surface area (Å²) >= 11 is 0. The number of allylic oxidation sites excluding steroid dienone is 10. The van der Waals surface area contributed by atoms with Crippen LogP contribution in [0.4, 0.5) is 0 Å². The molecular weight excluding hydrogens is 981 g/mol. The van der Waals surface area contributed by atoms with Crippen LogP contribution in [0.25, 0.3) is 0 Å². The second kappa shape index (κ2) is 70.9. The van der Waals surface area contributed by atoms with Crippen molar-refractivity contribution in [2.45, 2.75) is 392 Å². The van der Waals surface area contributed by atoms with Crippen LogP contribution in [0.1, 0.15) is 386 Å². The third kappa shape index (κ3) is 68.1. The van der Waals surface area contributed by atoms with Crippen LogP contribution < -0.4 is 0 Å². The maximum absolute atomic E-state index is 12.4. The zero-order valence-corrected chi connectivity index (χ0v) is 53.9. The summed E-state index contributed by atoms with van der Waals surface area (Å²) < 4.78 is 10.8. The SMILES string of the molecule is CCCCCCC/C=C\C/C=C\C/C=C\CCCCCCCCCCCCCCC(=O)OC(CO)COC(=O)CCCCCCCCCCCCCCCCCCCCCCCCCCCCC/C=C\C/C=C\CCCCCCC. The van der Waals surface area contributed by atoms with Crippen LogP contribution in [0.3, 0.4) is 0 Å². The Balaban J connectivity index is 3.39. The predicted octanol–water partition coefficient (Wildman–Crippen LogP) is 24.9. The molecule has 0 fully saturated rings. The van der Waals surface area contributed by atoms with E-state index in [1.54, 1.807) is 0 Å². The molecule has 0 aromatic heterocycles. The molecule has 80 heavy (non-hydrogen) atoms. The van der Waals surface area contributed by atoms with E-state index in [9.17, 15) is 14.7 Å². The van der Waals surface area contributed by atoms with Crippen LogP contribution in [0, 0.1) is 0 Å². The standard InChI is InChI=1S/C75H138O5/c1-3-5-7-9-11-13-15-17-19-21-23-25-27-29-31-32-33-34-35-36-37-38-39-40-41-42-44-45-47-49-51-53-55-57-59-61-63-65-67-69-74(77)79-72-73(71-76)80-75(78)70-68-66-64-62-60-58-56-54-52-50-48-46-43-30-28-26-24-22-20-18-16-14-12-10-8-6-4-2/h15-18,21-24,28,30,73,76H,3-14,19-20,25-27,29,31-72H2,1-2H3/b17-15-,18-16-,23-21-,24-22-,30-28-. The van der Waals surface area contributed by atoms with Crippen molar-refractivity contribution >= 4 is 11.9 Å². The van der Waals surface area contributed by atoms with E-state index >= 15 is 0 Å². The molecule has 468 valence electrons. The van der Waals surface area contributed by atoms with Crippen LogP contribution >= 0.6 is 0 Å². The smallest absolute Gasteiger partial charge is 0.306 e. The Hall–Kier alpha value is -2.40. The van der Waals surface area contributed by atoms with Gasteiger partial charge in [0.1, 0.15) is 6.61 Å². The van der Waals surface area contributed by atoms with E-state index in [1.807, 2.05) is 0 Å². The minimum absolute atomic E-state index is 0.0630. The first-order chi connectivity index (χ1) is 39.6. The summed E-state index contributed by atoms with van der Waals surface area (Å²) in [5, 5.41) is 9.70. The number of aliphatic hydroxyl groups is 1. The third-order valence-corrected chi connectivity index (χ3v) is 16.3. The second-order valence-corrected chi connectivity index (χ2v) is 24.3. The van der Waals surface area contributed by atoms with Gasteiger partial charge in [-0.25, -0.2) is 0 Å². The van der Waals surface area contributed by atoms with Crippen LogP contribution in [-0.4, -0.2) is 36.4 Å². The highest BCUT2D eigenvalue weighted by Crippen LogP contribution is 2.19. The summed E-state index contributed by atoms with van der Waals surface area (Å²) in [7, 11) is 0. The van der Waals surface area contributed by atoms with Crippen molar-refractivity contribution in [1.29, 1.82) is 0 Å². The lowest BCUT2D eigenvalue weighted by Gasteiger charge is -2.15. The summed E-state index contributed by atoms with van der Waals surface area (Å²) in [5.41, 5.74) is 0. The first-order valence-electron chi connectivity index (χ1n) is 35.8. The molecule has 0 radical (unpaired) electrons. The van der Waals surface area contributed by atoms with Gasteiger partial charge in [0.15, 0.2) is 6.10 Å². The zero-order chi connectivity index (χ0) is 57.6. The van der Waals surface area contributed by atoms with Gasteiger partial charge in [-0.05, 0) is 83.5 Å². The lowest BCUT2D eigenvalue weighted by molar-refractivity contribution is -0.161. The molecule has 0 spiro atoms. The van der Waals surface area contributed by atoms with Crippen molar-refractivity contribution in [3.05, 3.63) is 60.8 Å². The molecular formula is C75H138O5. The summed E-state index contributed by atoms with van der Waals surface area (Å²) in [6.07, 6.45) is 97.0. The summed E-state index contributed by atoms with van der Waals surface area (Å²) in [4.78, 5) is 24.6. The Bertz CT molecular complexity index is 1360. The number of carbonyl (C=O) groups is 2. The van der Waals surface area contributed by atoms with Crippen LogP contribution in [-0.2, 0) is 19.1 Å². The van der Waals surface area contributed by atoms with Gasteiger partial charge in [-0.15, -0.1) is 0 Å². The molecule has 0 aliphatic heterocycles. The van der Waals surface area contributed by atoms with E-state index in [-0.39, 0.29) is 25.2 Å². The summed E-state index contributed by atoms with van der Waals surface area (Å²) in [5.74, 6) is -0.574. The van der Waals surface area contributed by atoms with Gasteiger partial charge in [0.25, 0.3) is 0 Å². The van der Waals surface area contributed by atoms with Crippen molar-refractivity contribution in [3.63, 3.8) is 0 Å². The van der Waals surface area contributed by atoms with E-state index in [4.69, 9.17) is 9.47 Å². The number of ether oxygens (including phenoxy) is 2. The molecule has 0 saturated heterocycles. The molecule has 0 bridgehead atoms. The topological polar surface area (TPSA) is 72.8 Å². The van der Waals surface area contributed by atoms with Gasteiger partial charge in [0, 0.05) is 12.8 Å². The van der Waals surface area contributed by atoms with Crippen molar-refractivity contribution in [3.8, 4) is 0 Å². The molecule has 0 amide bonds. The number of hydrogen-bond donors (Lipinski definition) is 1. The highest BCUT2D eigenvalue weighted by Gasteiger charge is 2.16. The van der Waals surface area contributed by atoms with E-state index in [1.165, 1.54) is 302 Å². The largest absolute Gasteiger partial charge is 0.462 e. The van der Waals surface area contributed by atoms with Gasteiger partial charge in [-0.1, -0.05) is 351 Å². The molecule has 0 saturated carbocycles. The van der Waals surface area contributed by atoms with Gasteiger partial charge in [-0.2, -0.15) is 0 Å². The number of unbranched alkanes of at least 4 members (excludes halogenated alkanes) is 49. The molecule has 0 rings (SSSR count). The number of hydrogen-bond acceptors (Lipinski definition) is 5. The molecule has 0 heterocycles. The highest BCUT2D eigenvalue weighted by molar-refractivity contribution is 5.70. The fraction of sp³-hybridized carbons (Fsp3) is 0.840. The molecule has 1 unspecified atom stereocenters. The first kappa shape index (κ1) is 77.6. The van der Waals surface area contributed by atoms with Gasteiger partial charge in [0.2, 0.25) is 0 Å². The molecule has 0 aromatic carbocycles. The second-order valence-electron chi connectivity index (χ2n) is 24.3. The average Bonchev–Trinajstić information content (AvgIpc) is 3.46. The van der Waals surface area contributed by atoms with E-state index in [2.05, 4.69) is 74.6 Å². The quantitative estimate of drug-likeness (QED) is 0.0373. The van der Waals surface area contributed by atoms with Crippen LogP contribution in [0.2, 0.25) is 0 Å².